The van der Waals surface area contributed by atoms with Gasteiger partial charge in [-0.1, -0.05) is 60.7 Å². The van der Waals surface area contributed by atoms with E-state index in [1.54, 1.807) is 6.21 Å². The number of benzene rings is 4. The van der Waals surface area contributed by atoms with Crippen LogP contribution in [-0.4, -0.2) is 18.7 Å². The Balaban J connectivity index is 1.45. The second-order valence-corrected chi connectivity index (χ2v) is 9.43. The fourth-order valence-corrected chi connectivity index (χ4v) is 4.53. The topological polar surface area (TPSA) is 59.9 Å². The Morgan fingerprint density at radius 2 is 1.78 bits per heavy atom. The van der Waals surface area contributed by atoms with Gasteiger partial charge in [-0.25, -0.2) is 5.43 Å². The van der Waals surface area contributed by atoms with Gasteiger partial charge in [-0.3, -0.25) is 4.79 Å². The molecule has 184 valence electrons. The maximum atomic E-state index is 12.3. The average Bonchev–Trinajstić information content (AvgIpc) is 2.86. The minimum Gasteiger partial charge on any atom is -0.490 e. The fraction of sp³-hybridized carbons (Fsp3) is 0.200. The van der Waals surface area contributed by atoms with E-state index in [0.29, 0.717) is 24.7 Å². The van der Waals surface area contributed by atoms with Crippen LogP contribution in [-0.2, 0) is 17.8 Å². The van der Waals surface area contributed by atoms with Crippen molar-refractivity contribution in [3.63, 3.8) is 0 Å². The third-order valence-corrected chi connectivity index (χ3v) is 6.51. The van der Waals surface area contributed by atoms with Crippen LogP contribution in [0.1, 0.15) is 34.7 Å². The third kappa shape index (κ3) is 6.32. The summed E-state index contributed by atoms with van der Waals surface area (Å²) in [5, 5.41) is 6.47. The van der Waals surface area contributed by atoms with Gasteiger partial charge in [0.25, 0.3) is 0 Å². The standard InChI is InChI=1S/C30H29BrN2O3/c1-4-35-28-16-23(18-32-33-29(34)17-22-13-12-20(2)21(3)14-22)15-27(31)30(28)36-19-25-10-7-9-24-8-5-6-11-26(24)25/h5-16,18H,4,17,19H2,1-3H3,(H,33,34). The van der Waals surface area contributed by atoms with Crippen LogP contribution in [0, 0.1) is 13.8 Å². The number of ether oxygens (including phenoxy) is 2. The third-order valence-electron chi connectivity index (χ3n) is 5.92. The molecule has 0 aromatic heterocycles. The first-order chi connectivity index (χ1) is 17.4. The molecule has 0 spiro atoms. The van der Waals surface area contributed by atoms with Gasteiger partial charge in [0.1, 0.15) is 6.61 Å². The molecule has 0 bridgehead atoms. The van der Waals surface area contributed by atoms with E-state index in [4.69, 9.17) is 9.47 Å². The van der Waals surface area contributed by atoms with Gasteiger partial charge in [0, 0.05) is 0 Å². The smallest absolute Gasteiger partial charge is 0.244 e. The Hall–Kier alpha value is -3.64. The van der Waals surface area contributed by atoms with Crippen LogP contribution in [0.15, 0.2) is 82.4 Å². The average molecular weight is 545 g/mol. The van der Waals surface area contributed by atoms with Crippen molar-refractivity contribution in [1.29, 1.82) is 0 Å². The Bertz CT molecular complexity index is 1410. The summed E-state index contributed by atoms with van der Waals surface area (Å²) in [6.45, 7) is 6.92. The van der Waals surface area contributed by atoms with Crippen LogP contribution >= 0.6 is 15.9 Å². The van der Waals surface area contributed by atoms with Crippen LogP contribution in [0.25, 0.3) is 10.8 Å². The van der Waals surface area contributed by atoms with Crippen molar-refractivity contribution in [2.45, 2.75) is 33.8 Å². The molecule has 0 aliphatic carbocycles. The summed E-state index contributed by atoms with van der Waals surface area (Å²) in [6.07, 6.45) is 1.87. The Morgan fingerprint density at radius 1 is 0.972 bits per heavy atom. The largest absolute Gasteiger partial charge is 0.490 e. The lowest BCUT2D eigenvalue weighted by Crippen LogP contribution is -2.19. The van der Waals surface area contributed by atoms with E-state index in [9.17, 15) is 4.79 Å². The molecule has 0 fully saturated rings. The van der Waals surface area contributed by atoms with Gasteiger partial charge in [-0.15, -0.1) is 0 Å². The Morgan fingerprint density at radius 3 is 2.58 bits per heavy atom. The molecule has 1 amide bonds. The van der Waals surface area contributed by atoms with E-state index in [2.05, 4.69) is 57.6 Å². The molecular formula is C30H29BrN2O3. The van der Waals surface area contributed by atoms with Crippen molar-refractivity contribution in [3.8, 4) is 11.5 Å². The van der Waals surface area contributed by atoms with Crippen molar-refractivity contribution >= 4 is 38.8 Å². The van der Waals surface area contributed by atoms with E-state index in [1.807, 2.05) is 62.4 Å². The maximum absolute atomic E-state index is 12.3. The molecule has 0 atom stereocenters. The summed E-state index contributed by atoms with van der Waals surface area (Å²) < 4.78 is 12.8. The van der Waals surface area contributed by atoms with E-state index in [-0.39, 0.29) is 12.3 Å². The number of carbonyl (C=O) groups is 1. The monoisotopic (exact) mass is 544 g/mol. The number of hydrazone groups is 1. The van der Waals surface area contributed by atoms with E-state index < -0.39 is 0 Å². The predicted molar refractivity (Wildman–Crippen MR) is 149 cm³/mol. The van der Waals surface area contributed by atoms with Crippen LogP contribution < -0.4 is 14.9 Å². The molecule has 0 saturated heterocycles. The molecule has 0 heterocycles. The van der Waals surface area contributed by atoms with Crippen LogP contribution in [0.4, 0.5) is 0 Å². The first-order valence-electron chi connectivity index (χ1n) is 11.9. The number of hydrogen-bond donors (Lipinski definition) is 1. The lowest BCUT2D eigenvalue weighted by Gasteiger charge is -2.15. The highest BCUT2D eigenvalue weighted by Gasteiger charge is 2.13. The molecule has 0 aliphatic heterocycles. The summed E-state index contributed by atoms with van der Waals surface area (Å²) in [6, 6.07) is 24.2. The molecule has 36 heavy (non-hydrogen) atoms. The summed E-state index contributed by atoms with van der Waals surface area (Å²) in [7, 11) is 0. The maximum Gasteiger partial charge on any atom is 0.244 e. The van der Waals surface area contributed by atoms with Crippen molar-refractivity contribution in [3.05, 3.63) is 105 Å². The summed E-state index contributed by atoms with van der Waals surface area (Å²) in [5.41, 5.74) is 7.81. The normalized spacial score (nSPS) is 11.1. The molecule has 0 radical (unpaired) electrons. The number of nitrogens with zero attached hydrogens (tertiary/aromatic N) is 1. The van der Waals surface area contributed by atoms with Crippen molar-refractivity contribution in [2.75, 3.05) is 6.61 Å². The minimum absolute atomic E-state index is 0.173. The summed E-state index contributed by atoms with van der Waals surface area (Å²) in [5.74, 6) is 1.06. The highest BCUT2D eigenvalue weighted by molar-refractivity contribution is 9.10. The molecule has 4 aromatic carbocycles. The minimum atomic E-state index is -0.173. The highest BCUT2D eigenvalue weighted by Crippen LogP contribution is 2.37. The summed E-state index contributed by atoms with van der Waals surface area (Å²) in [4.78, 5) is 12.3. The Kier molecular flexibility index (Phi) is 8.39. The molecule has 0 saturated carbocycles. The first-order valence-corrected chi connectivity index (χ1v) is 12.7. The van der Waals surface area contributed by atoms with Gasteiger partial charge in [0.2, 0.25) is 5.91 Å². The second-order valence-electron chi connectivity index (χ2n) is 8.58. The van der Waals surface area contributed by atoms with Gasteiger partial charge < -0.3 is 9.47 Å². The van der Waals surface area contributed by atoms with Gasteiger partial charge in [0.05, 0.1) is 23.7 Å². The SMILES string of the molecule is CCOc1cc(C=NNC(=O)Cc2ccc(C)c(C)c2)cc(Br)c1OCc1cccc2ccccc12. The van der Waals surface area contributed by atoms with Gasteiger partial charge >= 0.3 is 0 Å². The zero-order valence-corrected chi connectivity index (χ0v) is 22.3. The lowest BCUT2D eigenvalue weighted by atomic mass is 10.0. The Labute approximate surface area is 220 Å². The molecular weight excluding hydrogens is 516 g/mol. The van der Waals surface area contributed by atoms with E-state index in [0.717, 1.165) is 26.5 Å². The quantitative estimate of drug-likeness (QED) is 0.184. The van der Waals surface area contributed by atoms with Crippen LogP contribution in [0.3, 0.4) is 0 Å². The van der Waals surface area contributed by atoms with Gasteiger partial charge in [-0.05, 0) is 87.4 Å². The molecule has 0 unspecified atom stereocenters. The van der Waals surface area contributed by atoms with Crippen molar-refractivity contribution in [1.82, 2.24) is 5.43 Å². The number of halogens is 1. The molecule has 4 aromatic rings. The van der Waals surface area contributed by atoms with Crippen molar-refractivity contribution in [2.24, 2.45) is 5.10 Å². The number of rotatable bonds is 9. The number of amides is 1. The van der Waals surface area contributed by atoms with Crippen molar-refractivity contribution < 1.29 is 14.3 Å². The zero-order valence-electron chi connectivity index (χ0n) is 20.7. The second kappa shape index (κ2) is 11.9. The van der Waals surface area contributed by atoms with Gasteiger partial charge in [-0.2, -0.15) is 5.10 Å². The van der Waals surface area contributed by atoms with E-state index >= 15 is 0 Å². The zero-order chi connectivity index (χ0) is 25.5. The molecule has 5 nitrogen and oxygen atoms in total. The number of fused-ring (bicyclic) bond motifs is 1. The number of hydrogen-bond acceptors (Lipinski definition) is 4. The van der Waals surface area contributed by atoms with Gasteiger partial charge in [0.15, 0.2) is 11.5 Å². The molecule has 0 aliphatic rings. The van der Waals surface area contributed by atoms with E-state index in [1.165, 1.54) is 16.5 Å². The number of carbonyl (C=O) groups excluding carboxylic acids is 1. The fourth-order valence-electron chi connectivity index (χ4n) is 3.95. The number of aryl methyl sites for hydroxylation is 2. The highest BCUT2D eigenvalue weighted by atomic mass is 79.9. The molecule has 6 heteroatoms. The molecule has 1 N–H and O–H groups in total. The predicted octanol–water partition coefficient (Wildman–Crippen LogP) is 6.89. The van der Waals surface area contributed by atoms with Crippen LogP contribution in [0.2, 0.25) is 0 Å². The first kappa shape index (κ1) is 25.5. The summed E-state index contributed by atoms with van der Waals surface area (Å²) >= 11 is 3.61. The number of nitrogens with one attached hydrogen (secondary N) is 1. The lowest BCUT2D eigenvalue weighted by molar-refractivity contribution is -0.120. The van der Waals surface area contributed by atoms with Crippen LogP contribution in [0.5, 0.6) is 11.5 Å². The molecule has 4 rings (SSSR count).